The molecule has 1 aromatic heterocycles. The molecule has 7 heteroatoms. The largest absolute Gasteiger partial charge is 0.339 e. The summed E-state index contributed by atoms with van der Waals surface area (Å²) in [6.45, 7) is 2.43. The van der Waals surface area contributed by atoms with Crippen LogP contribution in [0.2, 0.25) is 0 Å². The molecule has 0 radical (unpaired) electrons. The summed E-state index contributed by atoms with van der Waals surface area (Å²) >= 11 is 1.60. The minimum atomic E-state index is -0.743. The molecule has 0 spiro atoms. The van der Waals surface area contributed by atoms with Gasteiger partial charge in [-0.2, -0.15) is 0 Å². The second-order valence-corrected chi connectivity index (χ2v) is 10.0. The molecule has 5 rings (SSSR count). The van der Waals surface area contributed by atoms with E-state index < -0.39 is 12.1 Å². The molecule has 1 aliphatic rings. The summed E-state index contributed by atoms with van der Waals surface area (Å²) in [4.78, 5) is 33.5. The minimum Gasteiger partial charge on any atom is -0.339 e. The van der Waals surface area contributed by atoms with Crippen molar-refractivity contribution < 1.29 is 9.59 Å². The molecule has 36 heavy (non-hydrogen) atoms. The second-order valence-electron chi connectivity index (χ2n) is 9.15. The van der Waals surface area contributed by atoms with Crippen LogP contribution in [0.15, 0.2) is 78.2 Å². The van der Waals surface area contributed by atoms with Gasteiger partial charge in [0.15, 0.2) is 0 Å². The zero-order chi connectivity index (χ0) is 25.1. The van der Waals surface area contributed by atoms with E-state index in [0.717, 1.165) is 34.7 Å². The monoisotopic (exact) mass is 498 g/mol. The standard InChI is InChI=1S/C29H30N4O2S/c1-19(30-2)27(34)32-26(21-11-4-3-5-12-21)29(35)33-17-9-16-25(33)28-31-24(18-36-28)23-15-8-13-20-10-6-7-14-22(20)23/h3-8,10-15,18-19,25-26,30H,9,16-17H2,1-2H3,(H,32,34)/t19-,25-,26-/m0/s1. The summed E-state index contributed by atoms with van der Waals surface area (Å²) in [6, 6.07) is 22.8. The maximum absolute atomic E-state index is 13.9. The minimum absolute atomic E-state index is 0.0951. The van der Waals surface area contributed by atoms with Crippen LogP contribution in [0.25, 0.3) is 22.0 Å². The van der Waals surface area contributed by atoms with Crippen LogP contribution in [0.1, 0.15) is 42.4 Å². The lowest BCUT2D eigenvalue weighted by Crippen LogP contribution is -2.47. The highest BCUT2D eigenvalue weighted by molar-refractivity contribution is 7.10. The molecule has 0 unspecified atom stereocenters. The summed E-state index contributed by atoms with van der Waals surface area (Å²) in [6.07, 6.45) is 1.76. The number of nitrogens with one attached hydrogen (secondary N) is 2. The van der Waals surface area contributed by atoms with E-state index >= 15 is 0 Å². The number of hydrogen-bond donors (Lipinski definition) is 2. The Morgan fingerprint density at radius 1 is 1.03 bits per heavy atom. The lowest BCUT2D eigenvalue weighted by molar-refractivity contribution is -0.137. The smallest absolute Gasteiger partial charge is 0.250 e. The van der Waals surface area contributed by atoms with Crippen molar-refractivity contribution in [2.24, 2.45) is 0 Å². The first-order valence-electron chi connectivity index (χ1n) is 12.3. The molecule has 3 atom stereocenters. The van der Waals surface area contributed by atoms with Crippen LogP contribution in [0.3, 0.4) is 0 Å². The van der Waals surface area contributed by atoms with E-state index in [1.54, 1.807) is 25.3 Å². The Balaban J connectivity index is 1.43. The number of benzene rings is 3. The van der Waals surface area contributed by atoms with Crippen molar-refractivity contribution in [1.29, 1.82) is 0 Å². The molecule has 1 fully saturated rings. The van der Waals surface area contributed by atoms with Crippen molar-refractivity contribution in [1.82, 2.24) is 20.5 Å². The van der Waals surface area contributed by atoms with Gasteiger partial charge in [-0.05, 0) is 43.1 Å². The van der Waals surface area contributed by atoms with Gasteiger partial charge in [-0.15, -0.1) is 11.3 Å². The van der Waals surface area contributed by atoms with E-state index in [9.17, 15) is 9.59 Å². The van der Waals surface area contributed by atoms with Gasteiger partial charge in [0.2, 0.25) is 11.8 Å². The Labute approximate surface area is 215 Å². The number of thiazole rings is 1. The fraction of sp³-hybridized carbons (Fsp3) is 0.276. The van der Waals surface area contributed by atoms with Crippen LogP contribution >= 0.6 is 11.3 Å². The summed E-state index contributed by atoms with van der Waals surface area (Å²) < 4.78 is 0. The van der Waals surface area contributed by atoms with Crippen molar-refractivity contribution in [3.05, 3.63) is 88.7 Å². The average Bonchev–Trinajstić information content (AvgIpc) is 3.61. The number of aromatic nitrogens is 1. The molecule has 1 aliphatic heterocycles. The van der Waals surface area contributed by atoms with Crippen LogP contribution in [-0.4, -0.2) is 41.3 Å². The lowest BCUT2D eigenvalue weighted by Gasteiger charge is -2.29. The number of fused-ring (bicyclic) bond motifs is 1. The maximum atomic E-state index is 13.9. The summed E-state index contributed by atoms with van der Waals surface area (Å²) in [5.74, 6) is -0.301. The van der Waals surface area contributed by atoms with Crippen molar-refractivity contribution in [3.63, 3.8) is 0 Å². The average molecular weight is 499 g/mol. The fourth-order valence-corrected chi connectivity index (χ4v) is 5.76. The number of likely N-dealkylation sites (tertiary alicyclic amines) is 1. The van der Waals surface area contributed by atoms with Crippen LogP contribution < -0.4 is 10.6 Å². The number of amides is 2. The zero-order valence-electron chi connectivity index (χ0n) is 20.5. The van der Waals surface area contributed by atoms with Gasteiger partial charge in [0.25, 0.3) is 0 Å². The van der Waals surface area contributed by atoms with Crippen LogP contribution in [0, 0.1) is 0 Å². The third-order valence-corrected chi connectivity index (χ3v) is 7.85. The zero-order valence-corrected chi connectivity index (χ0v) is 21.3. The first-order chi connectivity index (χ1) is 17.6. The van der Waals surface area contributed by atoms with Gasteiger partial charge in [-0.25, -0.2) is 4.98 Å². The molecular formula is C29H30N4O2S. The molecule has 2 N–H and O–H groups in total. The Bertz CT molecular complexity index is 1360. The maximum Gasteiger partial charge on any atom is 0.250 e. The van der Waals surface area contributed by atoms with Gasteiger partial charge >= 0.3 is 0 Å². The van der Waals surface area contributed by atoms with Crippen LogP contribution in [0.4, 0.5) is 0 Å². The highest BCUT2D eigenvalue weighted by Gasteiger charge is 2.37. The number of likely N-dealkylation sites (N-methyl/N-ethyl adjacent to an activating group) is 1. The van der Waals surface area contributed by atoms with Crippen molar-refractivity contribution in [2.75, 3.05) is 13.6 Å². The van der Waals surface area contributed by atoms with E-state index in [2.05, 4.69) is 46.3 Å². The van der Waals surface area contributed by atoms with E-state index in [1.165, 1.54) is 10.8 Å². The summed E-state index contributed by atoms with van der Waals surface area (Å²) in [5.41, 5.74) is 2.81. The van der Waals surface area contributed by atoms with Gasteiger partial charge in [0, 0.05) is 17.5 Å². The van der Waals surface area contributed by atoms with E-state index in [4.69, 9.17) is 4.98 Å². The predicted molar refractivity (Wildman–Crippen MR) is 145 cm³/mol. The highest BCUT2D eigenvalue weighted by Crippen LogP contribution is 2.38. The quantitative estimate of drug-likeness (QED) is 0.372. The van der Waals surface area contributed by atoms with Crippen molar-refractivity contribution >= 4 is 33.9 Å². The van der Waals surface area contributed by atoms with E-state index in [-0.39, 0.29) is 17.9 Å². The molecule has 2 amide bonds. The fourth-order valence-electron chi connectivity index (χ4n) is 4.80. The number of carbonyl (C=O) groups is 2. The summed E-state index contributed by atoms with van der Waals surface area (Å²) in [7, 11) is 1.73. The van der Waals surface area contributed by atoms with Crippen LogP contribution in [-0.2, 0) is 9.59 Å². The van der Waals surface area contributed by atoms with E-state index in [0.29, 0.717) is 6.54 Å². The third-order valence-electron chi connectivity index (χ3n) is 6.90. The van der Waals surface area contributed by atoms with Gasteiger partial charge in [0.1, 0.15) is 11.0 Å². The summed E-state index contributed by atoms with van der Waals surface area (Å²) in [5, 5.41) is 11.3. The molecule has 1 saturated heterocycles. The Morgan fingerprint density at radius 3 is 2.58 bits per heavy atom. The first kappa shape index (κ1) is 24.2. The van der Waals surface area contributed by atoms with E-state index in [1.807, 2.05) is 47.4 Å². The molecule has 6 nitrogen and oxygen atoms in total. The topological polar surface area (TPSA) is 74.3 Å². The number of nitrogens with zero attached hydrogens (tertiary/aromatic N) is 2. The molecule has 0 bridgehead atoms. The predicted octanol–water partition coefficient (Wildman–Crippen LogP) is 5.09. The third kappa shape index (κ3) is 4.76. The molecule has 4 aromatic rings. The number of carbonyl (C=O) groups excluding carboxylic acids is 2. The molecule has 2 heterocycles. The molecular weight excluding hydrogens is 468 g/mol. The molecule has 0 saturated carbocycles. The molecule has 184 valence electrons. The van der Waals surface area contributed by atoms with Gasteiger partial charge in [0.05, 0.1) is 17.8 Å². The van der Waals surface area contributed by atoms with Gasteiger partial charge in [-0.1, -0.05) is 72.8 Å². The Kier molecular flexibility index (Phi) is 7.11. The Hall–Kier alpha value is -3.55. The van der Waals surface area contributed by atoms with Gasteiger partial charge in [-0.3, -0.25) is 9.59 Å². The normalized spacial score (nSPS) is 17.2. The highest BCUT2D eigenvalue weighted by atomic mass is 32.1. The molecule has 3 aromatic carbocycles. The second kappa shape index (κ2) is 10.6. The Morgan fingerprint density at radius 2 is 1.78 bits per heavy atom. The number of rotatable bonds is 7. The lowest BCUT2D eigenvalue weighted by atomic mass is 10.0. The van der Waals surface area contributed by atoms with Gasteiger partial charge < -0.3 is 15.5 Å². The van der Waals surface area contributed by atoms with Crippen molar-refractivity contribution in [3.8, 4) is 11.3 Å². The SMILES string of the molecule is CN[C@@H](C)C(=O)N[C@H](C(=O)N1CCC[C@H]1c1nc(-c2cccc3ccccc23)cs1)c1ccccc1. The number of hydrogen-bond acceptors (Lipinski definition) is 5. The molecule has 0 aliphatic carbocycles. The van der Waals surface area contributed by atoms with Crippen molar-refractivity contribution in [2.45, 2.75) is 37.9 Å². The van der Waals surface area contributed by atoms with Crippen LogP contribution in [0.5, 0.6) is 0 Å². The first-order valence-corrected chi connectivity index (χ1v) is 13.2.